The van der Waals surface area contributed by atoms with Crippen LogP contribution in [0.4, 0.5) is 0 Å². The van der Waals surface area contributed by atoms with Gasteiger partial charge in [0.1, 0.15) is 12.4 Å². The van der Waals surface area contributed by atoms with Crippen molar-refractivity contribution in [2.45, 2.75) is 19.4 Å². The smallest absolute Gasteiger partial charge is 0.240 e. The molecule has 0 atom stereocenters. The van der Waals surface area contributed by atoms with E-state index in [0.717, 1.165) is 11.1 Å². The molecular formula is C25H24Cl2N2O4. The van der Waals surface area contributed by atoms with E-state index < -0.39 is 0 Å². The average molecular weight is 487 g/mol. The van der Waals surface area contributed by atoms with Gasteiger partial charge in [0.05, 0.1) is 25.0 Å². The topological polar surface area (TPSA) is 69.2 Å². The predicted molar refractivity (Wildman–Crippen MR) is 131 cm³/mol. The van der Waals surface area contributed by atoms with Crippen LogP contribution in [0.15, 0.2) is 71.8 Å². The lowest BCUT2D eigenvalue weighted by molar-refractivity contribution is -0.121. The lowest BCUT2D eigenvalue weighted by Crippen LogP contribution is -2.18. The molecule has 0 aromatic heterocycles. The van der Waals surface area contributed by atoms with E-state index in [1.165, 1.54) is 0 Å². The number of hydrogen-bond donors (Lipinski definition) is 1. The minimum atomic E-state index is -0.216. The highest BCUT2D eigenvalue weighted by Gasteiger charge is 2.07. The van der Waals surface area contributed by atoms with Crippen LogP contribution in [0.5, 0.6) is 17.2 Å². The Bertz CT molecular complexity index is 1090. The minimum absolute atomic E-state index is 0.216. The molecule has 0 unspecified atom stereocenters. The van der Waals surface area contributed by atoms with E-state index in [9.17, 15) is 4.79 Å². The van der Waals surface area contributed by atoms with Crippen LogP contribution < -0.4 is 19.6 Å². The molecule has 8 heteroatoms. The van der Waals surface area contributed by atoms with E-state index in [1.807, 2.05) is 42.5 Å². The van der Waals surface area contributed by atoms with Crippen molar-refractivity contribution in [2.75, 3.05) is 13.7 Å². The lowest BCUT2D eigenvalue weighted by Gasteiger charge is -2.11. The molecular weight excluding hydrogens is 463 g/mol. The van der Waals surface area contributed by atoms with Crippen molar-refractivity contribution in [3.8, 4) is 17.2 Å². The van der Waals surface area contributed by atoms with Gasteiger partial charge in [-0.15, -0.1) is 0 Å². The largest absolute Gasteiger partial charge is 0.493 e. The number of benzene rings is 3. The van der Waals surface area contributed by atoms with Crippen molar-refractivity contribution in [1.82, 2.24) is 5.43 Å². The third-order valence-corrected chi connectivity index (χ3v) is 5.06. The zero-order valence-electron chi connectivity index (χ0n) is 18.1. The summed E-state index contributed by atoms with van der Waals surface area (Å²) in [5.41, 5.74) is 4.34. The number of hydrazone groups is 1. The number of hydrogen-bond acceptors (Lipinski definition) is 5. The Kier molecular flexibility index (Phi) is 9.42. The van der Waals surface area contributed by atoms with Crippen molar-refractivity contribution in [2.24, 2.45) is 5.10 Å². The first-order valence-corrected chi connectivity index (χ1v) is 11.1. The molecule has 0 aliphatic carbocycles. The van der Waals surface area contributed by atoms with Crippen LogP contribution in [0.25, 0.3) is 0 Å². The van der Waals surface area contributed by atoms with Crippen LogP contribution in [0, 0.1) is 0 Å². The first kappa shape index (κ1) is 24.4. The van der Waals surface area contributed by atoms with Crippen LogP contribution >= 0.6 is 23.2 Å². The van der Waals surface area contributed by atoms with Gasteiger partial charge in [-0.05, 0) is 53.9 Å². The Morgan fingerprint density at radius 1 is 0.970 bits per heavy atom. The molecule has 0 aliphatic rings. The summed E-state index contributed by atoms with van der Waals surface area (Å²) in [6.07, 6.45) is 2.32. The van der Waals surface area contributed by atoms with Crippen LogP contribution in [0.1, 0.15) is 24.0 Å². The Labute approximate surface area is 203 Å². The van der Waals surface area contributed by atoms with Gasteiger partial charge in [0.25, 0.3) is 0 Å². The first-order chi connectivity index (χ1) is 16.0. The van der Waals surface area contributed by atoms with Crippen LogP contribution in [-0.4, -0.2) is 25.8 Å². The van der Waals surface area contributed by atoms with Crippen LogP contribution in [-0.2, 0) is 11.4 Å². The summed E-state index contributed by atoms with van der Waals surface area (Å²) in [6.45, 7) is 0.786. The molecule has 0 saturated heterocycles. The van der Waals surface area contributed by atoms with Gasteiger partial charge in [0.15, 0.2) is 11.5 Å². The molecule has 1 N–H and O–H groups in total. The van der Waals surface area contributed by atoms with Crippen LogP contribution in [0.3, 0.4) is 0 Å². The molecule has 0 heterocycles. The fraction of sp³-hybridized carbons (Fsp3) is 0.200. The summed E-state index contributed by atoms with van der Waals surface area (Å²) in [5, 5.41) is 4.98. The fourth-order valence-corrected chi connectivity index (χ4v) is 3.32. The van der Waals surface area contributed by atoms with E-state index in [4.69, 9.17) is 37.4 Å². The number of halogens is 2. The maximum absolute atomic E-state index is 12.0. The summed E-state index contributed by atoms with van der Waals surface area (Å²) in [5.74, 6) is 1.53. The number of nitrogens with zero attached hydrogens (tertiary/aromatic N) is 1. The molecule has 172 valence electrons. The highest BCUT2D eigenvalue weighted by molar-refractivity contribution is 6.35. The van der Waals surface area contributed by atoms with Gasteiger partial charge in [-0.1, -0.05) is 53.5 Å². The summed E-state index contributed by atoms with van der Waals surface area (Å²) in [7, 11) is 1.58. The Balaban J connectivity index is 1.42. The lowest BCUT2D eigenvalue weighted by atomic mass is 10.2. The SMILES string of the molecule is COc1cc(C=NNC(=O)CCCOc2ccc(Cl)cc2Cl)ccc1OCc1ccccc1. The van der Waals surface area contributed by atoms with Gasteiger partial charge in [-0.2, -0.15) is 5.10 Å². The van der Waals surface area contributed by atoms with E-state index in [1.54, 1.807) is 37.6 Å². The van der Waals surface area contributed by atoms with Gasteiger partial charge >= 0.3 is 0 Å². The number of carbonyl (C=O) groups excluding carboxylic acids is 1. The molecule has 0 aliphatic heterocycles. The highest BCUT2D eigenvalue weighted by Crippen LogP contribution is 2.29. The standard InChI is InChI=1S/C25H24Cl2N2O4/c1-31-24-14-19(9-11-23(24)33-17-18-6-3-2-4-7-18)16-28-29-25(30)8-5-13-32-22-12-10-20(26)15-21(22)27/h2-4,6-7,9-12,14-16H,5,8,13,17H2,1H3,(H,29,30). The second-order valence-electron chi connectivity index (χ2n) is 7.00. The van der Waals surface area contributed by atoms with E-state index in [2.05, 4.69) is 10.5 Å². The molecule has 3 aromatic rings. The fourth-order valence-electron chi connectivity index (χ4n) is 2.86. The minimum Gasteiger partial charge on any atom is -0.493 e. The molecule has 1 amide bonds. The Morgan fingerprint density at radius 3 is 2.52 bits per heavy atom. The number of carbonyl (C=O) groups is 1. The molecule has 6 nitrogen and oxygen atoms in total. The number of amides is 1. The molecule has 3 aromatic carbocycles. The predicted octanol–water partition coefficient (Wildman–Crippen LogP) is 5.89. The summed E-state index contributed by atoms with van der Waals surface area (Å²) in [6, 6.07) is 20.3. The Hall–Kier alpha value is -3.22. The average Bonchev–Trinajstić information content (AvgIpc) is 2.82. The Morgan fingerprint density at radius 2 is 1.76 bits per heavy atom. The molecule has 0 saturated carbocycles. The van der Waals surface area contributed by atoms with Gasteiger partial charge < -0.3 is 14.2 Å². The van der Waals surface area contributed by atoms with Crippen molar-refractivity contribution < 1.29 is 19.0 Å². The summed E-state index contributed by atoms with van der Waals surface area (Å²) < 4.78 is 16.8. The van der Waals surface area contributed by atoms with E-state index in [-0.39, 0.29) is 12.3 Å². The second kappa shape index (κ2) is 12.7. The maximum Gasteiger partial charge on any atom is 0.240 e. The number of ether oxygens (including phenoxy) is 3. The van der Waals surface area contributed by atoms with Crippen molar-refractivity contribution in [3.05, 3.63) is 87.9 Å². The zero-order chi connectivity index (χ0) is 23.5. The maximum atomic E-state index is 12.0. The third-order valence-electron chi connectivity index (χ3n) is 4.53. The second-order valence-corrected chi connectivity index (χ2v) is 7.85. The molecule has 3 rings (SSSR count). The van der Waals surface area contributed by atoms with Crippen molar-refractivity contribution in [1.29, 1.82) is 0 Å². The van der Waals surface area contributed by atoms with Gasteiger partial charge in [0.2, 0.25) is 5.91 Å². The van der Waals surface area contributed by atoms with Gasteiger partial charge in [-0.25, -0.2) is 5.43 Å². The zero-order valence-corrected chi connectivity index (χ0v) is 19.6. The normalized spacial score (nSPS) is 10.8. The third kappa shape index (κ3) is 8.00. The van der Waals surface area contributed by atoms with Crippen LogP contribution in [0.2, 0.25) is 10.0 Å². The molecule has 0 radical (unpaired) electrons. The van der Waals surface area contributed by atoms with E-state index >= 15 is 0 Å². The first-order valence-electron chi connectivity index (χ1n) is 10.3. The van der Waals surface area contributed by atoms with Crippen molar-refractivity contribution >= 4 is 35.3 Å². The molecule has 0 spiro atoms. The summed E-state index contributed by atoms with van der Waals surface area (Å²) in [4.78, 5) is 12.0. The molecule has 0 fully saturated rings. The van der Waals surface area contributed by atoms with Gasteiger partial charge in [0, 0.05) is 11.4 Å². The number of methoxy groups -OCH3 is 1. The molecule has 33 heavy (non-hydrogen) atoms. The number of nitrogens with one attached hydrogen (secondary N) is 1. The number of rotatable bonds is 11. The van der Waals surface area contributed by atoms with Gasteiger partial charge in [-0.3, -0.25) is 4.79 Å². The summed E-state index contributed by atoms with van der Waals surface area (Å²) >= 11 is 11.9. The van der Waals surface area contributed by atoms with E-state index in [0.29, 0.717) is 46.9 Å². The monoisotopic (exact) mass is 486 g/mol. The molecule has 0 bridgehead atoms. The van der Waals surface area contributed by atoms with Crippen molar-refractivity contribution in [3.63, 3.8) is 0 Å². The quantitative estimate of drug-likeness (QED) is 0.208. The highest BCUT2D eigenvalue weighted by atomic mass is 35.5.